The fourth-order valence-electron chi connectivity index (χ4n) is 2.95. The molecule has 1 aliphatic rings. The molecule has 3 N–H and O–H groups in total. The molecular formula is C15H24Cl2N4OS2. The Hall–Kier alpha value is -0.600. The van der Waals surface area contributed by atoms with Crippen LogP contribution in [-0.2, 0) is 0 Å². The van der Waals surface area contributed by atoms with Gasteiger partial charge < -0.3 is 16.0 Å². The average molecular weight is 411 g/mol. The number of aromatic nitrogens is 1. The Morgan fingerprint density at radius 3 is 2.67 bits per heavy atom. The second kappa shape index (κ2) is 9.20. The van der Waals surface area contributed by atoms with Gasteiger partial charge in [-0.05, 0) is 31.4 Å². The van der Waals surface area contributed by atoms with E-state index in [9.17, 15) is 4.79 Å². The summed E-state index contributed by atoms with van der Waals surface area (Å²) in [7, 11) is 3.96. The molecule has 24 heavy (non-hydrogen) atoms. The third-order valence-corrected chi connectivity index (χ3v) is 6.54. The van der Waals surface area contributed by atoms with E-state index in [4.69, 9.17) is 5.73 Å². The number of carbonyl (C=O) groups excluding carboxylic acids is 1. The van der Waals surface area contributed by atoms with Crippen molar-refractivity contribution >= 4 is 68.1 Å². The van der Waals surface area contributed by atoms with Gasteiger partial charge in [0.1, 0.15) is 4.83 Å². The number of hydrogen-bond acceptors (Lipinski definition) is 6. The molecule has 1 saturated carbocycles. The molecule has 0 aromatic carbocycles. The Morgan fingerprint density at radius 2 is 2.04 bits per heavy atom. The van der Waals surface area contributed by atoms with Gasteiger partial charge in [0.05, 0.1) is 9.58 Å². The van der Waals surface area contributed by atoms with Crippen LogP contribution in [0.3, 0.4) is 0 Å². The van der Waals surface area contributed by atoms with Gasteiger partial charge in [-0.3, -0.25) is 4.79 Å². The number of hydrogen-bond donors (Lipinski definition) is 2. The van der Waals surface area contributed by atoms with Crippen LogP contribution in [0.5, 0.6) is 0 Å². The van der Waals surface area contributed by atoms with Crippen molar-refractivity contribution < 1.29 is 4.79 Å². The van der Waals surface area contributed by atoms with E-state index in [1.54, 1.807) is 11.3 Å². The lowest BCUT2D eigenvalue weighted by molar-refractivity contribution is 0.0912. The molecule has 2 heterocycles. The number of anilines is 1. The van der Waals surface area contributed by atoms with E-state index in [0.717, 1.165) is 32.4 Å². The van der Waals surface area contributed by atoms with Crippen molar-refractivity contribution in [2.24, 2.45) is 11.7 Å². The number of rotatable bonds is 4. The minimum Gasteiger partial charge on any atom is -0.354 e. The Kier molecular flexibility index (Phi) is 8.22. The molecule has 2 atom stereocenters. The van der Waals surface area contributed by atoms with Crippen LogP contribution in [0.4, 0.5) is 5.13 Å². The lowest BCUT2D eigenvalue weighted by Gasteiger charge is -2.31. The summed E-state index contributed by atoms with van der Waals surface area (Å²) in [6, 6.07) is 2.18. The topological polar surface area (TPSA) is 71.2 Å². The third kappa shape index (κ3) is 4.52. The maximum absolute atomic E-state index is 12.5. The zero-order valence-corrected chi connectivity index (χ0v) is 17.0. The molecule has 0 spiro atoms. The van der Waals surface area contributed by atoms with Gasteiger partial charge in [-0.2, -0.15) is 0 Å². The average Bonchev–Trinajstić information content (AvgIpc) is 3.06. The summed E-state index contributed by atoms with van der Waals surface area (Å²) >= 11 is 3.09. The molecule has 0 saturated heterocycles. The number of thiophene rings is 1. The minimum atomic E-state index is 0. The van der Waals surface area contributed by atoms with Crippen molar-refractivity contribution in [2.45, 2.75) is 31.7 Å². The third-order valence-electron chi connectivity index (χ3n) is 4.21. The fraction of sp³-hybridized carbons (Fsp3) is 0.600. The summed E-state index contributed by atoms with van der Waals surface area (Å²) in [6.45, 7) is 0.651. The van der Waals surface area contributed by atoms with Gasteiger partial charge in [0.25, 0.3) is 5.91 Å². The van der Waals surface area contributed by atoms with Crippen molar-refractivity contribution in [1.29, 1.82) is 0 Å². The summed E-state index contributed by atoms with van der Waals surface area (Å²) < 4.78 is 1.08. The lowest BCUT2D eigenvalue weighted by Crippen LogP contribution is -2.44. The summed E-state index contributed by atoms with van der Waals surface area (Å²) in [5, 5.41) is 4.16. The van der Waals surface area contributed by atoms with Crippen molar-refractivity contribution in [3.8, 4) is 0 Å². The first-order valence-electron chi connectivity index (χ1n) is 7.67. The largest absolute Gasteiger partial charge is 0.354 e. The van der Waals surface area contributed by atoms with Gasteiger partial charge >= 0.3 is 0 Å². The first-order valence-corrected chi connectivity index (χ1v) is 9.30. The van der Waals surface area contributed by atoms with Crippen molar-refractivity contribution in [1.82, 2.24) is 10.3 Å². The number of thiazole rings is 1. The van der Waals surface area contributed by atoms with Crippen LogP contribution in [0.15, 0.2) is 6.07 Å². The molecule has 1 fully saturated rings. The Balaban J connectivity index is 0.00000144. The van der Waals surface area contributed by atoms with Crippen LogP contribution >= 0.6 is 47.5 Å². The predicted octanol–water partition coefficient (Wildman–Crippen LogP) is 3.51. The molecule has 9 heteroatoms. The van der Waals surface area contributed by atoms with Crippen LogP contribution in [0.25, 0.3) is 9.53 Å². The second-order valence-corrected chi connectivity index (χ2v) is 8.07. The molecule has 1 amide bonds. The molecule has 136 valence electrons. The van der Waals surface area contributed by atoms with Gasteiger partial charge in [0.15, 0.2) is 5.13 Å². The Bertz CT molecular complexity index is 642. The maximum atomic E-state index is 12.5. The van der Waals surface area contributed by atoms with E-state index < -0.39 is 0 Å². The normalized spacial score (nSPS) is 20.1. The predicted molar refractivity (Wildman–Crippen MR) is 109 cm³/mol. The molecular weight excluding hydrogens is 387 g/mol. The van der Waals surface area contributed by atoms with E-state index in [1.807, 2.05) is 25.1 Å². The van der Waals surface area contributed by atoms with Crippen molar-refractivity contribution in [3.05, 3.63) is 10.9 Å². The molecule has 2 aromatic heterocycles. The highest BCUT2D eigenvalue weighted by atomic mass is 35.5. The van der Waals surface area contributed by atoms with Crippen molar-refractivity contribution in [2.75, 3.05) is 25.5 Å². The molecule has 2 aromatic rings. The summed E-state index contributed by atoms with van der Waals surface area (Å²) in [5.74, 6) is 0.434. The van der Waals surface area contributed by atoms with E-state index >= 15 is 0 Å². The van der Waals surface area contributed by atoms with Gasteiger partial charge in [-0.15, -0.1) is 36.2 Å². The molecule has 5 nitrogen and oxygen atoms in total. The number of fused-ring (bicyclic) bond motifs is 1. The van der Waals surface area contributed by atoms with Crippen LogP contribution in [-0.4, -0.2) is 37.6 Å². The highest BCUT2D eigenvalue weighted by molar-refractivity contribution is 7.29. The standard InChI is InChI=1S/C15H22N4OS2.2ClH/c1-19(2)15-18-14-12(22-15)7-11(21-14)13(20)17-10-6-4-3-5-9(10)8-16;;/h7,9-10H,3-6,8,16H2,1-2H3,(H,17,20);2*1H. The van der Waals surface area contributed by atoms with Crippen molar-refractivity contribution in [3.63, 3.8) is 0 Å². The van der Waals surface area contributed by atoms with E-state index in [-0.39, 0.29) is 36.8 Å². The molecule has 1 aliphatic carbocycles. The lowest BCUT2D eigenvalue weighted by atomic mass is 9.84. The monoisotopic (exact) mass is 410 g/mol. The molecule has 0 bridgehead atoms. The van der Waals surface area contributed by atoms with Gasteiger partial charge in [0.2, 0.25) is 0 Å². The number of halogens is 2. The number of amides is 1. The van der Waals surface area contributed by atoms with Gasteiger partial charge in [-0.1, -0.05) is 24.2 Å². The van der Waals surface area contributed by atoms with Crippen LogP contribution in [0.1, 0.15) is 35.4 Å². The molecule has 3 rings (SSSR count). The van der Waals surface area contributed by atoms with Crippen LogP contribution in [0, 0.1) is 5.92 Å². The number of nitrogens with zero attached hydrogens (tertiary/aromatic N) is 2. The highest BCUT2D eigenvalue weighted by Crippen LogP contribution is 2.34. The zero-order valence-electron chi connectivity index (χ0n) is 13.8. The number of carbonyl (C=O) groups is 1. The maximum Gasteiger partial charge on any atom is 0.261 e. The van der Waals surface area contributed by atoms with Crippen LogP contribution < -0.4 is 16.0 Å². The smallest absolute Gasteiger partial charge is 0.261 e. The SMILES string of the molecule is CN(C)c1nc2sc(C(=O)NC3CCCCC3CN)cc2s1.Cl.Cl. The number of nitrogens with two attached hydrogens (primary N) is 1. The zero-order chi connectivity index (χ0) is 15.7. The quantitative estimate of drug-likeness (QED) is 0.808. The number of nitrogens with one attached hydrogen (secondary N) is 1. The van der Waals surface area contributed by atoms with E-state index in [2.05, 4.69) is 10.3 Å². The fourth-order valence-corrected chi connectivity index (χ4v) is 4.98. The first-order chi connectivity index (χ1) is 10.6. The van der Waals surface area contributed by atoms with E-state index in [1.165, 1.54) is 24.2 Å². The summed E-state index contributed by atoms with van der Waals surface area (Å²) in [4.78, 5) is 20.7. The van der Waals surface area contributed by atoms with E-state index in [0.29, 0.717) is 12.5 Å². The van der Waals surface area contributed by atoms with Gasteiger partial charge in [-0.25, -0.2) is 4.98 Å². The molecule has 0 aliphatic heterocycles. The van der Waals surface area contributed by atoms with Gasteiger partial charge in [0, 0.05) is 20.1 Å². The Labute approximate surface area is 162 Å². The minimum absolute atomic E-state index is 0. The Morgan fingerprint density at radius 1 is 1.33 bits per heavy atom. The summed E-state index contributed by atoms with van der Waals surface area (Å²) in [6.07, 6.45) is 4.56. The first kappa shape index (κ1) is 21.4. The van der Waals surface area contributed by atoms with Crippen LogP contribution in [0.2, 0.25) is 0 Å². The molecule has 0 radical (unpaired) electrons. The molecule has 2 unspecified atom stereocenters. The second-order valence-electron chi connectivity index (χ2n) is 6.03. The highest BCUT2D eigenvalue weighted by Gasteiger charge is 2.26. The summed E-state index contributed by atoms with van der Waals surface area (Å²) in [5.41, 5.74) is 5.84.